The molecule has 0 aliphatic carbocycles. The molecule has 3 aromatic rings. The highest BCUT2D eigenvalue weighted by Crippen LogP contribution is 2.22. The lowest BCUT2D eigenvalue weighted by atomic mass is 10.3. The normalized spacial score (nSPS) is 10.6. The van der Waals surface area contributed by atoms with Crippen molar-refractivity contribution in [1.82, 2.24) is 15.0 Å². The van der Waals surface area contributed by atoms with Gasteiger partial charge in [0.25, 0.3) is 0 Å². The van der Waals surface area contributed by atoms with Crippen LogP contribution in [0.1, 0.15) is 5.01 Å². The van der Waals surface area contributed by atoms with E-state index in [-0.39, 0.29) is 6.61 Å². The first-order valence-electron chi connectivity index (χ1n) is 6.16. The van der Waals surface area contributed by atoms with Gasteiger partial charge >= 0.3 is 0 Å². The number of aliphatic hydroxyl groups excluding tert-OH is 1. The van der Waals surface area contributed by atoms with E-state index in [0.29, 0.717) is 21.7 Å². The first kappa shape index (κ1) is 13.9. The van der Waals surface area contributed by atoms with E-state index in [1.54, 1.807) is 24.4 Å². The van der Waals surface area contributed by atoms with Crippen molar-refractivity contribution in [1.29, 1.82) is 0 Å². The first-order valence-corrected chi connectivity index (χ1v) is 7.41. The third-order valence-corrected chi connectivity index (χ3v) is 3.79. The van der Waals surface area contributed by atoms with Crippen LogP contribution >= 0.6 is 22.9 Å². The van der Waals surface area contributed by atoms with Gasteiger partial charge in [0.15, 0.2) is 0 Å². The van der Waals surface area contributed by atoms with Gasteiger partial charge in [-0.25, -0.2) is 15.0 Å². The molecule has 0 aliphatic heterocycles. The van der Waals surface area contributed by atoms with Gasteiger partial charge in [-0.1, -0.05) is 11.6 Å². The van der Waals surface area contributed by atoms with Crippen molar-refractivity contribution in [3.63, 3.8) is 0 Å². The van der Waals surface area contributed by atoms with Gasteiger partial charge in [-0.2, -0.15) is 0 Å². The second kappa shape index (κ2) is 6.17. The van der Waals surface area contributed by atoms with E-state index < -0.39 is 0 Å². The molecule has 3 rings (SSSR count). The maximum Gasteiger partial charge on any atom is 0.227 e. The number of halogens is 1. The summed E-state index contributed by atoms with van der Waals surface area (Å²) in [5.74, 6) is 0.480. The molecule has 106 valence electrons. The summed E-state index contributed by atoms with van der Waals surface area (Å²) in [7, 11) is 0. The van der Waals surface area contributed by atoms with Gasteiger partial charge in [-0.05, 0) is 30.3 Å². The monoisotopic (exact) mass is 318 g/mol. The SMILES string of the molecule is OCc1nc(-c2ccnc(Nc3ccc(Cl)cc3)n2)cs1. The molecule has 2 heterocycles. The van der Waals surface area contributed by atoms with Crippen molar-refractivity contribution < 1.29 is 5.11 Å². The molecular weight excluding hydrogens is 308 g/mol. The number of rotatable bonds is 4. The van der Waals surface area contributed by atoms with Gasteiger partial charge in [-0.15, -0.1) is 11.3 Å². The minimum absolute atomic E-state index is 0.0639. The summed E-state index contributed by atoms with van der Waals surface area (Å²) in [6, 6.07) is 9.07. The second-order valence-corrected chi connectivity index (χ2v) is 5.56. The van der Waals surface area contributed by atoms with Crippen molar-refractivity contribution >= 4 is 34.6 Å². The summed E-state index contributed by atoms with van der Waals surface area (Å²) in [6.07, 6.45) is 1.67. The molecule has 0 atom stereocenters. The van der Waals surface area contributed by atoms with Crippen molar-refractivity contribution in [2.45, 2.75) is 6.61 Å². The smallest absolute Gasteiger partial charge is 0.227 e. The van der Waals surface area contributed by atoms with Crippen LogP contribution in [0.15, 0.2) is 41.9 Å². The zero-order chi connectivity index (χ0) is 14.7. The van der Waals surface area contributed by atoms with Crippen LogP contribution in [0.5, 0.6) is 0 Å². The number of nitrogens with one attached hydrogen (secondary N) is 1. The number of thiazole rings is 1. The van der Waals surface area contributed by atoms with E-state index in [1.165, 1.54) is 11.3 Å². The summed E-state index contributed by atoms with van der Waals surface area (Å²) in [4.78, 5) is 12.9. The minimum atomic E-state index is -0.0639. The molecule has 0 amide bonds. The minimum Gasteiger partial charge on any atom is -0.389 e. The molecule has 0 saturated carbocycles. The van der Waals surface area contributed by atoms with Crippen LogP contribution in [0.2, 0.25) is 5.02 Å². The number of benzene rings is 1. The fraction of sp³-hybridized carbons (Fsp3) is 0.0714. The Morgan fingerprint density at radius 1 is 1.10 bits per heavy atom. The maximum atomic E-state index is 9.06. The van der Waals surface area contributed by atoms with Gasteiger partial charge in [0, 0.05) is 22.3 Å². The number of hydrogen-bond donors (Lipinski definition) is 2. The molecule has 0 spiro atoms. The molecule has 0 unspecified atom stereocenters. The average Bonchev–Trinajstić information content (AvgIpc) is 2.99. The van der Waals surface area contributed by atoms with Crippen LogP contribution < -0.4 is 5.32 Å². The molecule has 5 nitrogen and oxygen atoms in total. The Morgan fingerprint density at radius 2 is 1.90 bits per heavy atom. The number of aromatic nitrogens is 3. The molecule has 0 saturated heterocycles. The Bertz CT molecular complexity index is 745. The predicted molar refractivity (Wildman–Crippen MR) is 83.8 cm³/mol. The lowest BCUT2D eigenvalue weighted by Crippen LogP contribution is -1.97. The van der Waals surface area contributed by atoms with Crippen molar-refractivity contribution in [2.24, 2.45) is 0 Å². The summed E-state index contributed by atoms with van der Waals surface area (Å²) < 4.78 is 0. The highest BCUT2D eigenvalue weighted by Gasteiger charge is 2.07. The third kappa shape index (κ3) is 3.36. The first-order chi connectivity index (χ1) is 10.2. The van der Waals surface area contributed by atoms with Crippen molar-refractivity contribution in [3.8, 4) is 11.4 Å². The Labute approximate surface area is 130 Å². The number of nitrogens with zero attached hydrogens (tertiary/aromatic N) is 3. The van der Waals surface area contributed by atoms with E-state index in [9.17, 15) is 0 Å². The fourth-order valence-electron chi connectivity index (χ4n) is 1.73. The van der Waals surface area contributed by atoms with Crippen LogP contribution in [0.25, 0.3) is 11.4 Å². The zero-order valence-corrected chi connectivity index (χ0v) is 12.4. The van der Waals surface area contributed by atoms with Crippen LogP contribution in [0.4, 0.5) is 11.6 Å². The largest absolute Gasteiger partial charge is 0.389 e. The molecular formula is C14H11ClN4OS. The fourth-order valence-corrected chi connectivity index (χ4v) is 2.50. The second-order valence-electron chi connectivity index (χ2n) is 4.18. The molecule has 0 radical (unpaired) electrons. The highest BCUT2D eigenvalue weighted by molar-refractivity contribution is 7.09. The Kier molecular flexibility index (Phi) is 4.10. The third-order valence-electron chi connectivity index (χ3n) is 2.71. The molecule has 2 aromatic heterocycles. The molecule has 2 N–H and O–H groups in total. The van der Waals surface area contributed by atoms with E-state index in [2.05, 4.69) is 20.3 Å². The lowest BCUT2D eigenvalue weighted by molar-refractivity contribution is 0.281. The topological polar surface area (TPSA) is 70.9 Å². The molecule has 0 aliphatic rings. The van der Waals surface area contributed by atoms with Crippen LogP contribution in [0.3, 0.4) is 0 Å². The van der Waals surface area contributed by atoms with Crippen LogP contribution in [-0.2, 0) is 6.61 Å². The van der Waals surface area contributed by atoms with Gasteiger partial charge in [0.1, 0.15) is 10.7 Å². The predicted octanol–water partition coefficient (Wildman–Crippen LogP) is 3.49. The lowest BCUT2D eigenvalue weighted by Gasteiger charge is -2.05. The average molecular weight is 319 g/mol. The molecule has 1 aromatic carbocycles. The quantitative estimate of drug-likeness (QED) is 0.770. The summed E-state index contributed by atoms with van der Waals surface area (Å²) in [6.45, 7) is -0.0639. The van der Waals surface area contributed by atoms with Crippen molar-refractivity contribution in [2.75, 3.05) is 5.32 Å². The number of hydrogen-bond acceptors (Lipinski definition) is 6. The van der Waals surface area contributed by atoms with Gasteiger partial charge < -0.3 is 10.4 Å². The molecule has 0 fully saturated rings. The Morgan fingerprint density at radius 3 is 2.62 bits per heavy atom. The van der Waals surface area contributed by atoms with Gasteiger partial charge in [-0.3, -0.25) is 0 Å². The number of aliphatic hydroxyl groups is 1. The summed E-state index contributed by atoms with van der Waals surface area (Å²) >= 11 is 7.25. The van der Waals surface area contributed by atoms with Gasteiger partial charge in [0.2, 0.25) is 5.95 Å². The molecule has 7 heteroatoms. The van der Waals surface area contributed by atoms with Crippen molar-refractivity contribution in [3.05, 3.63) is 51.9 Å². The van der Waals surface area contributed by atoms with Gasteiger partial charge in [0.05, 0.1) is 12.3 Å². The summed E-state index contributed by atoms with van der Waals surface area (Å²) in [5, 5.41) is 15.4. The summed E-state index contributed by atoms with van der Waals surface area (Å²) in [5.41, 5.74) is 2.29. The van der Waals surface area contributed by atoms with E-state index in [1.807, 2.05) is 17.5 Å². The van der Waals surface area contributed by atoms with E-state index in [4.69, 9.17) is 16.7 Å². The molecule has 21 heavy (non-hydrogen) atoms. The Hall–Kier alpha value is -2.02. The van der Waals surface area contributed by atoms with E-state index >= 15 is 0 Å². The molecule has 0 bridgehead atoms. The highest BCUT2D eigenvalue weighted by atomic mass is 35.5. The zero-order valence-electron chi connectivity index (χ0n) is 10.8. The standard InChI is InChI=1S/C14H11ClN4OS/c15-9-1-3-10(4-2-9)17-14-16-6-5-11(19-14)12-8-21-13(7-20)18-12/h1-6,8,20H,7H2,(H,16,17,19). The Balaban J connectivity index is 1.84. The maximum absolute atomic E-state index is 9.06. The van der Waals surface area contributed by atoms with E-state index in [0.717, 1.165) is 11.4 Å². The van der Waals surface area contributed by atoms with Crippen LogP contribution in [-0.4, -0.2) is 20.1 Å². The van der Waals surface area contributed by atoms with Crippen LogP contribution in [0, 0.1) is 0 Å². The number of anilines is 2.